The molecular weight excluding hydrogens is 348 g/mol. The maximum atomic E-state index is 13.0. The molecule has 0 aliphatic carbocycles. The van der Waals surface area contributed by atoms with E-state index in [0.717, 1.165) is 18.4 Å². The number of likely N-dealkylation sites (tertiary alicyclic amines) is 1. The Kier molecular flexibility index (Phi) is 5.69. The van der Waals surface area contributed by atoms with Gasteiger partial charge in [0.2, 0.25) is 5.91 Å². The standard InChI is InChI=1S/C20H24N2O5/c1-13(21-19(23)18-7-5-11-27-18)20(24)22-10-4-6-16(22)15-12-14(25-2)8-9-17(15)26-3/h5,7-9,11-13,16H,4,6,10H2,1-3H3,(H,21,23)/t13-,16+/m0/s1. The van der Waals surface area contributed by atoms with E-state index in [1.54, 1.807) is 38.2 Å². The normalized spacial score (nSPS) is 17.4. The van der Waals surface area contributed by atoms with Crippen molar-refractivity contribution in [3.8, 4) is 11.5 Å². The molecule has 2 atom stereocenters. The molecule has 1 aliphatic heterocycles. The molecule has 0 spiro atoms. The molecule has 2 aromatic rings. The number of methoxy groups -OCH3 is 2. The molecule has 7 nitrogen and oxygen atoms in total. The second-order valence-corrected chi connectivity index (χ2v) is 6.47. The van der Waals surface area contributed by atoms with E-state index in [1.807, 2.05) is 18.2 Å². The average molecular weight is 372 g/mol. The highest BCUT2D eigenvalue weighted by molar-refractivity contribution is 5.95. The first kappa shape index (κ1) is 18.8. The van der Waals surface area contributed by atoms with Crippen LogP contribution in [0.3, 0.4) is 0 Å². The fourth-order valence-electron chi connectivity index (χ4n) is 3.44. The third kappa shape index (κ3) is 3.92. The van der Waals surface area contributed by atoms with Crippen LogP contribution in [0.4, 0.5) is 0 Å². The van der Waals surface area contributed by atoms with E-state index >= 15 is 0 Å². The number of nitrogens with one attached hydrogen (secondary N) is 1. The van der Waals surface area contributed by atoms with E-state index in [4.69, 9.17) is 13.9 Å². The van der Waals surface area contributed by atoms with Gasteiger partial charge < -0.3 is 24.1 Å². The van der Waals surface area contributed by atoms with Gasteiger partial charge in [-0.15, -0.1) is 0 Å². The summed E-state index contributed by atoms with van der Waals surface area (Å²) in [5, 5.41) is 2.70. The Hall–Kier alpha value is -2.96. The Morgan fingerprint density at radius 2 is 2.07 bits per heavy atom. The highest BCUT2D eigenvalue weighted by Crippen LogP contribution is 2.39. The molecule has 0 bridgehead atoms. The highest BCUT2D eigenvalue weighted by Gasteiger charge is 2.34. The van der Waals surface area contributed by atoms with Crippen LogP contribution in [0.1, 0.15) is 41.9 Å². The van der Waals surface area contributed by atoms with Crippen molar-refractivity contribution in [2.75, 3.05) is 20.8 Å². The molecule has 0 unspecified atom stereocenters. The number of hydrogen-bond acceptors (Lipinski definition) is 5. The molecule has 7 heteroatoms. The molecular formula is C20H24N2O5. The molecule has 0 saturated carbocycles. The number of amides is 2. The van der Waals surface area contributed by atoms with Crippen molar-refractivity contribution < 1.29 is 23.5 Å². The van der Waals surface area contributed by atoms with E-state index in [-0.39, 0.29) is 17.7 Å². The lowest BCUT2D eigenvalue weighted by Gasteiger charge is -2.29. The van der Waals surface area contributed by atoms with Crippen LogP contribution in [0.2, 0.25) is 0 Å². The van der Waals surface area contributed by atoms with Crippen molar-refractivity contribution in [1.29, 1.82) is 0 Å². The van der Waals surface area contributed by atoms with Crippen LogP contribution in [0, 0.1) is 0 Å². The topological polar surface area (TPSA) is 81.0 Å². The zero-order chi connectivity index (χ0) is 19.4. The van der Waals surface area contributed by atoms with Crippen LogP contribution in [0.25, 0.3) is 0 Å². The van der Waals surface area contributed by atoms with Gasteiger partial charge >= 0.3 is 0 Å². The van der Waals surface area contributed by atoms with Crippen molar-refractivity contribution in [1.82, 2.24) is 10.2 Å². The van der Waals surface area contributed by atoms with Gasteiger partial charge in [0.05, 0.1) is 26.5 Å². The first-order valence-corrected chi connectivity index (χ1v) is 8.92. The van der Waals surface area contributed by atoms with Crippen LogP contribution in [0.15, 0.2) is 41.0 Å². The maximum absolute atomic E-state index is 13.0. The number of carbonyl (C=O) groups is 2. The summed E-state index contributed by atoms with van der Waals surface area (Å²) in [6, 6.07) is 7.98. The highest BCUT2D eigenvalue weighted by atomic mass is 16.5. The molecule has 3 rings (SSSR count). The molecule has 1 saturated heterocycles. The van der Waals surface area contributed by atoms with Crippen molar-refractivity contribution in [3.05, 3.63) is 47.9 Å². The van der Waals surface area contributed by atoms with Gasteiger partial charge in [-0.3, -0.25) is 9.59 Å². The SMILES string of the molecule is COc1ccc(OC)c([C@H]2CCCN2C(=O)[C@H](C)NC(=O)c2ccco2)c1. The fraction of sp³-hybridized carbons (Fsp3) is 0.400. The van der Waals surface area contributed by atoms with E-state index < -0.39 is 11.9 Å². The second kappa shape index (κ2) is 8.16. The van der Waals surface area contributed by atoms with Crippen molar-refractivity contribution in [2.24, 2.45) is 0 Å². The lowest BCUT2D eigenvalue weighted by atomic mass is 10.0. The minimum absolute atomic E-state index is 0.120. The zero-order valence-corrected chi connectivity index (χ0v) is 15.7. The summed E-state index contributed by atoms with van der Waals surface area (Å²) in [7, 11) is 3.22. The van der Waals surface area contributed by atoms with E-state index in [9.17, 15) is 9.59 Å². The largest absolute Gasteiger partial charge is 0.497 e. The zero-order valence-electron chi connectivity index (χ0n) is 15.7. The predicted octanol–water partition coefficient (Wildman–Crippen LogP) is 2.78. The van der Waals surface area contributed by atoms with Gasteiger partial charge in [0.25, 0.3) is 5.91 Å². The van der Waals surface area contributed by atoms with Gasteiger partial charge in [0.15, 0.2) is 5.76 Å². The molecule has 0 radical (unpaired) electrons. The third-order valence-electron chi connectivity index (χ3n) is 4.79. The van der Waals surface area contributed by atoms with Gasteiger partial charge in [-0.1, -0.05) is 0 Å². The Morgan fingerprint density at radius 3 is 2.74 bits per heavy atom. The number of rotatable bonds is 6. The summed E-state index contributed by atoms with van der Waals surface area (Å²) in [5.41, 5.74) is 0.910. The number of hydrogen-bond donors (Lipinski definition) is 1. The summed E-state index contributed by atoms with van der Waals surface area (Å²) < 4.78 is 15.9. The molecule has 144 valence electrons. The summed E-state index contributed by atoms with van der Waals surface area (Å²) >= 11 is 0. The molecule has 1 aromatic heterocycles. The minimum atomic E-state index is -0.667. The van der Waals surface area contributed by atoms with Gasteiger partial charge in [0.1, 0.15) is 17.5 Å². The number of furan rings is 1. The summed E-state index contributed by atoms with van der Waals surface area (Å²) in [5.74, 6) is 1.07. The third-order valence-corrected chi connectivity index (χ3v) is 4.79. The van der Waals surface area contributed by atoms with E-state index in [2.05, 4.69) is 5.32 Å². The second-order valence-electron chi connectivity index (χ2n) is 6.47. The number of benzene rings is 1. The molecule has 2 amide bonds. The van der Waals surface area contributed by atoms with Crippen LogP contribution in [-0.4, -0.2) is 43.5 Å². The van der Waals surface area contributed by atoms with Gasteiger partial charge in [-0.2, -0.15) is 0 Å². The van der Waals surface area contributed by atoms with Gasteiger partial charge in [-0.05, 0) is 50.1 Å². The monoisotopic (exact) mass is 372 g/mol. The smallest absolute Gasteiger partial charge is 0.287 e. The predicted molar refractivity (Wildman–Crippen MR) is 98.9 cm³/mol. The van der Waals surface area contributed by atoms with E-state index in [0.29, 0.717) is 18.0 Å². The van der Waals surface area contributed by atoms with Crippen molar-refractivity contribution in [2.45, 2.75) is 31.8 Å². The first-order chi connectivity index (χ1) is 13.0. The van der Waals surface area contributed by atoms with Gasteiger partial charge in [0, 0.05) is 12.1 Å². The summed E-state index contributed by atoms with van der Waals surface area (Å²) in [6.45, 7) is 2.31. The van der Waals surface area contributed by atoms with Crippen LogP contribution >= 0.6 is 0 Å². The van der Waals surface area contributed by atoms with Crippen LogP contribution in [0.5, 0.6) is 11.5 Å². The molecule has 1 fully saturated rings. The summed E-state index contributed by atoms with van der Waals surface area (Å²) in [6.07, 6.45) is 3.14. The van der Waals surface area contributed by atoms with Crippen molar-refractivity contribution in [3.63, 3.8) is 0 Å². The lowest BCUT2D eigenvalue weighted by Crippen LogP contribution is -2.46. The number of ether oxygens (including phenoxy) is 2. The first-order valence-electron chi connectivity index (χ1n) is 8.92. The molecule has 27 heavy (non-hydrogen) atoms. The quantitative estimate of drug-likeness (QED) is 0.843. The minimum Gasteiger partial charge on any atom is -0.497 e. The van der Waals surface area contributed by atoms with Gasteiger partial charge in [-0.25, -0.2) is 0 Å². The Bertz CT molecular complexity index is 803. The fourth-order valence-corrected chi connectivity index (χ4v) is 3.44. The Labute approximate surface area is 158 Å². The van der Waals surface area contributed by atoms with Crippen LogP contribution in [-0.2, 0) is 4.79 Å². The lowest BCUT2D eigenvalue weighted by molar-refractivity contribution is -0.133. The molecule has 1 N–H and O–H groups in total. The average Bonchev–Trinajstić information content (AvgIpc) is 3.38. The maximum Gasteiger partial charge on any atom is 0.287 e. The van der Waals surface area contributed by atoms with Crippen LogP contribution < -0.4 is 14.8 Å². The molecule has 1 aromatic carbocycles. The van der Waals surface area contributed by atoms with E-state index in [1.165, 1.54) is 6.26 Å². The number of carbonyl (C=O) groups excluding carboxylic acids is 2. The molecule has 1 aliphatic rings. The molecule has 2 heterocycles. The summed E-state index contributed by atoms with van der Waals surface area (Å²) in [4.78, 5) is 27.0. The Morgan fingerprint density at radius 1 is 1.26 bits per heavy atom. The van der Waals surface area contributed by atoms with Crippen molar-refractivity contribution >= 4 is 11.8 Å². The number of nitrogens with zero attached hydrogens (tertiary/aromatic N) is 1. The Balaban J connectivity index is 1.77.